The Kier molecular flexibility index (Phi) is 4.41. The van der Waals surface area contributed by atoms with Gasteiger partial charge >= 0.3 is 0 Å². The van der Waals surface area contributed by atoms with E-state index in [1.54, 1.807) is 10.9 Å². The molecule has 0 unspecified atom stereocenters. The number of para-hydroxylation sites is 2. The zero-order valence-electron chi connectivity index (χ0n) is 16.7. The minimum Gasteiger partial charge on any atom is -0.356 e. The summed E-state index contributed by atoms with van der Waals surface area (Å²) < 4.78 is 3.91. The van der Waals surface area contributed by atoms with Crippen molar-refractivity contribution in [1.82, 2.24) is 29.3 Å². The lowest BCUT2D eigenvalue weighted by Crippen LogP contribution is -2.24. The summed E-state index contributed by atoms with van der Waals surface area (Å²) in [5.74, 6) is 1.51. The van der Waals surface area contributed by atoms with Gasteiger partial charge < -0.3 is 9.88 Å². The van der Waals surface area contributed by atoms with E-state index >= 15 is 0 Å². The summed E-state index contributed by atoms with van der Waals surface area (Å²) in [6.07, 6.45) is 3.28. The van der Waals surface area contributed by atoms with Crippen molar-refractivity contribution < 1.29 is 0 Å². The molecule has 8 nitrogen and oxygen atoms in total. The Morgan fingerprint density at radius 3 is 2.71 bits per heavy atom. The molecular formula is C20H25N7O. The van der Waals surface area contributed by atoms with E-state index in [1.807, 2.05) is 46.0 Å². The predicted octanol–water partition coefficient (Wildman–Crippen LogP) is 2.81. The van der Waals surface area contributed by atoms with Crippen LogP contribution in [0.3, 0.4) is 0 Å². The molecule has 4 aromatic rings. The van der Waals surface area contributed by atoms with Crippen LogP contribution in [0.1, 0.15) is 33.0 Å². The predicted molar refractivity (Wildman–Crippen MR) is 111 cm³/mol. The molecule has 4 rings (SSSR count). The number of H-pyrrole nitrogens is 1. The molecule has 0 saturated carbocycles. The van der Waals surface area contributed by atoms with Crippen molar-refractivity contribution in [3.8, 4) is 0 Å². The molecule has 8 heteroatoms. The topological polar surface area (TPSA) is 93.4 Å². The Morgan fingerprint density at radius 2 is 1.96 bits per heavy atom. The minimum absolute atomic E-state index is 0.182. The van der Waals surface area contributed by atoms with Gasteiger partial charge in [0.1, 0.15) is 11.2 Å². The molecule has 0 atom stereocenters. The first-order valence-corrected chi connectivity index (χ1v) is 9.47. The molecule has 0 aliphatic carbocycles. The van der Waals surface area contributed by atoms with E-state index in [4.69, 9.17) is 4.98 Å². The van der Waals surface area contributed by atoms with Crippen LogP contribution in [-0.4, -0.2) is 35.8 Å². The molecule has 3 heterocycles. The number of aromatic nitrogens is 6. The molecule has 28 heavy (non-hydrogen) atoms. The van der Waals surface area contributed by atoms with Crippen LogP contribution in [0.15, 0.2) is 35.3 Å². The van der Waals surface area contributed by atoms with E-state index in [2.05, 4.69) is 31.0 Å². The second-order valence-corrected chi connectivity index (χ2v) is 7.99. The maximum atomic E-state index is 12.3. The van der Waals surface area contributed by atoms with Gasteiger partial charge in [-0.1, -0.05) is 12.1 Å². The third-order valence-electron chi connectivity index (χ3n) is 4.82. The van der Waals surface area contributed by atoms with Crippen LogP contribution in [0.2, 0.25) is 0 Å². The van der Waals surface area contributed by atoms with E-state index in [1.165, 1.54) is 0 Å². The molecule has 0 aliphatic rings. The smallest absolute Gasteiger partial charge is 0.263 e. The van der Waals surface area contributed by atoms with Crippen LogP contribution in [0, 0.1) is 0 Å². The third kappa shape index (κ3) is 3.26. The van der Waals surface area contributed by atoms with Gasteiger partial charge in [-0.3, -0.25) is 9.78 Å². The Labute approximate surface area is 162 Å². The van der Waals surface area contributed by atoms with Crippen molar-refractivity contribution >= 4 is 28.0 Å². The highest BCUT2D eigenvalue weighted by molar-refractivity contribution is 5.76. The zero-order chi connectivity index (χ0) is 19.9. The maximum absolute atomic E-state index is 12.3. The van der Waals surface area contributed by atoms with Crippen LogP contribution in [0.25, 0.3) is 22.1 Å². The number of rotatable bonds is 5. The SMILES string of the molecule is Cn1c(CCCNc2nc3c(cnn3C(C)(C)C)c(=O)[nH]2)nc2ccccc21. The third-order valence-corrected chi connectivity index (χ3v) is 4.82. The summed E-state index contributed by atoms with van der Waals surface area (Å²) in [6, 6.07) is 8.13. The van der Waals surface area contributed by atoms with E-state index in [-0.39, 0.29) is 11.1 Å². The highest BCUT2D eigenvalue weighted by Crippen LogP contribution is 2.19. The fourth-order valence-electron chi connectivity index (χ4n) is 3.37. The van der Waals surface area contributed by atoms with Crippen LogP contribution < -0.4 is 10.9 Å². The lowest BCUT2D eigenvalue weighted by atomic mass is 10.1. The van der Waals surface area contributed by atoms with Crippen LogP contribution >= 0.6 is 0 Å². The summed E-state index contributed by atoms with van der Waals surface area (Å²) in [5.41, 5.74) is 2.31. The molecule has 0 saturated heterocycles. The van der Waals surface area contributed by atoms with Gasteiger partial charge in [0.2, 0.25) is 5.95 Å². The van der Waals surface area contributed by atoms with E-state index < -0.39 is 0 Å². The lowest BCUT2D eigenvalue weighted by Gasteiger charge is -2.19. The molecule has 146 valence electrons. The maximum Gasteiger partial charge on any atom is 0.263 e. The van der Waals surface area contributed by atoms with Gasteiger partial charge in [0.05, 0.1) is 22.8 Å². The molecule has 2 N–H and O–H groups in total. The number of hydrogen-bond acceptors (Lipinski definition) is 5. The van der Waals surface area contributed by atoms with Crippen LogP contribution in [-0.2, 0) is 19.0 Å². The summed E-state index contributed by atoms with van der Waals surface area (Å²) in [7, 11) is 2.04. The number of aryl methyl sites for hydroxylation is 2. The number of nitrogens with one attached hydrogen (secondary N) is 2. The van der Waals surface area contributed by atoms with Gasteiger partial charge in [-0.2, -0.15) is 10.1 Å². The van der Waals surface area contributed by atoms with Gasteiger partial charge in [-0.25, -0.2) is 9.67 Å². The van der Waals surface area contributed by atoms with Crippen molar-refractivity contribution in [1.29, 1.82) is 0 Å². The molecule has 0 spiro atoms. The summed E-state index contributed by atoms with van der Waals surface area (Å²) >= 11 is 0. The fourth-order valence-corrected chi connectivity index (χ4v) is 3.37. The average molecular weight is 379 g/mol. The molecule has 0 aliphatic heterocycles. The van der Waals surface area contributed by atoms with Crippen molar-refractivity contribution in [2.75, 3.05) is 11.9 Å². The van der Waals surface area contributed by atoms with Crippen molar-refractivity contribution in [2.24, 2.45) is 7.05 Å². The normalized spacial score (nSPS) is 12.1. The number of hydrogen-bond donors (Lipinski definition) is 2. The lowest BCUT2D eigenvalue weighted by molar-refractivity contribution is 0.366. The van der Waals surface area contributed by atoms with Crippen molar-refractivity contribution in [3.63, 3.8) is 0 Å². The first-order chi connectivity index (χ1) is 13.3. The number of benzene rings is 1. The molecule has 0 amide bonds. The number of fused-ring (bicyclic) bond motifs is 2. The van der Waals surface area contributed by atoms with E-state index in [9.17, 15) is 4.79 Å². The van der Waals surface area contributed by atoms with Gasteiger partial charge in [0.25, 0.3) is 5.56 Å². The van der Waals surface area contributed by atoms with Crippen molar-refractivity contribution in [3.05, 3.63) is 46.6 Å². The van der Waals surface area contributed by atoms with Crippen molar-refractivity contribution in [2.45, 2.75) is 39.2 Å². The first kappa shape index (κ1) is 18.2. The Hall–Kier alpha value is -3.16. The van der Waals surface area contributed by atoms with Crippen LogP contribution in [0.5, 0.6) is 0 Å². The minimum atomic E-state index is -0.250. The second-order valence-electron chi connectivity index (χ2n) is 7.99. The second kappa shape index (κ2) is 6.78. The first-order valence-electron chi connectivity index (χ1n) is 9.47. The van der Waals surface area contributed by atoms with Gasteiger partial charge in [-0.05, 0) is 39.3 Å². The molecular weight excluding hydrogens is 354 g/mol. The number of aromatic amines is 1. The average Bonchev–Trinajstić information content (AvgIpc) is 3.21. The highest BCUT2D eigenvalue weighted by Gasteiger charge is 2.19. The summed E-state index contributed by atoms with van der Waals surface area (Å²) in [5, 5.41) is 8.06. The monoisotopic (exact) mass is 379 g/mol. The van der Waals surface area contributed by atoms with E-state index in [0.29, 0.717) is 23.5 Å². The Bertz CT molecular complexity index is 1190. The van der Waals surface area contributed by atoms with Gasteiger partial charge in [0.15, 0.2) is 5.65 Å². The van der Waals surface area contributed by atoms with Gasteiger partial charge in [-0.15, -0.1) is 0 Å². The zero-order valence-corrected chi connectivity index (χ0v) is 16.7. The Morgan fingerprint density at radius 1 is 1.18 bits per heavy atom. The summed E-state index contributed by atoms with van der Waals surface area (Å²) in [4.78, 5) is 24.4. The quantitative estimate of drug-likeness (QED) is 0.520. The fraction of sp³-hybridized carbons (Fsp3) is 0.400. The highest BCUT2D eigenvalue weighted by atomic mass is 16.1. The molecule has 0 radical (unpaired) electrons. The Balaban J connectivity index is 1.47. The molecule has 0 fully saturated rings. The van der Waals surface area contributed by atoms with Gasteiger partial charge in [0, 0.05) is 20.0 Å². The standard InChI is InChI=1S/C20H25N7O/c1-20(2,3)27-17-13(12-22-27)18(28)25-19(24-17)21-11-7-10-16-23-14-8-5-6-9-15(14)26(16)4/h5-6,8-9,12H,7,10-11H2,1-4H3,(H2,21,24,25,28). The molecule has 1 aromatic carbocycles. The number of nitrogens with zero attached hydrogens (tertiary/aromatic N) is 5. The molecule has 3 aromatic heterocycles. The largest absolute Gasteiger partial charge is 0.356 e. The summed E-state index contributed by atoms with van der Waals surface area (Å²) in [6.45, 7) is 6.78. The van der Waals surface area contributed by atoms with E-state index in [0.717, 1.165) is 29.7 Å². The van der Waals surface area contributed by atoms with Crippen LogP contribution in [0.4, 0.5) is 5.95 Å². The number of imidazole rings is 1. The number of anilines is 1. The molecule has 0 bridgehead atoms.